The van der Waals surface area contributed by atoms with E-state index in [1.54, 1.807) is 0 Å². The van der Waals surface area contributed by atoms with Gasteiger partial charge in [-0.25, -0.2) is 0 Å². The van der Waals surface area contributed by atoms with Crippen molar-refractivity contribution in [2.45, 2.75) is 240 Å². The van der Waals surface area contributed by atoms with Crippen molar-refractivity contribution >= 4 is 88.9 Å². The van der Waals surface area contributed by atoms with Gasteiger partial charge in [0.05, 0.1) is 33.0 Å². The number of nitrogens with zero attached hydrogens (tertiary/aromatic N) is 5. The van der Waals surface area contributed by atoms with E-state index in [-0.39, 0.29) is 92.3 Å². The van der Waals surface area contributed by atoms with E-state index < -0.39 is 35.6 Å². The van der Waals surface area contributed by atoms with Crippen molar-refractivity contribution in [3.8, 4) is 0 Å². The van der Waals surface area contributed by atoms with Crippen LogP contribution in [0, 0.1) is 76.9 Å². The van der Waals surface area contributed by atoms with E-state index in [2.05, 4.69) is 13.8 Å². The first-order valence-electron chi connectivity index (χ1n) is 41.1. The first-order chi connectivity index (χ1) is 52.6. The zero-order valence-electron chi connectivity index (χ0n) is 64.3. The van der Waals surface area contributed by atoms with Crippen molar-refractivity contribution in [1.29, 1.82) is 0 Å². The normalized spacial score (nSPS) is 25.6. The van der Waals surface area contributed by atoms with Crippen LogP contribution in [0.1, 0.15) is 240 Å². The smallest absolute Gasteiger partial charge is 0.326 e. The molecule has 6 aliphatic carbocycles. The van der Waals surface area contributed by atoms with Crippen molar-refractivity contribution in [2.75, 3.05) is 65.8 Å². The van der Waals surface area contributed by atoms with Crippen LogP contribution in [0.4, 0.5) is 0 Å². The molecule has 0 aromatic heterocycles. The molecule has 25 heteroatoms. The Kier molecular flexibility index (Phi) is 35.5. The number of carbonyl (C=O) groups excluding carboxylic acids is 15. The number of esters is 5. The van der Waals surface area contributed by atoms with Crippen LogP contribution in [0.25, 0.3) is 0 Å². The summed E-state index contributed by atoms with van der Waals surface area (Å²) in [6.07, 6.45) is 47.0. The minimum Gasteiger partial charge on any atom is -0.466 e. The van der Waals surface area contributed by atoms with Gasteiger partial charge in [-0.1, -0.05) is 124 Å². The zero-order chi connectivity index (χ0) is 77.8. The molecule has 11 rings (SSSR count). The van der Waals surface area contributed by atoms with Crippen LogP contribution in [-0.4, -0.2) is 179 Å². The lowest BCUT2D eigenvalue weighted by molar-refractivity contribution is -0.153. The van der Waals surface area contributed by atoms with Gasteiger partial charge in [0.1, 0.15) is 13.1 Å². The molecule has 12 atom stereocenters. The molecule has 0 saturated heterocycles. The maximum absolute atomic E-state index is 12.3. The minimum atomic E-state index is -0.583. The average molecular weight is 1530 g/mol. The molecule has 11 aliphatic rings. The Morgan fingerprint density at radius 1 is 0.300 bits per heavy atom. The molecule has 6 saturated carbocycles. The largest absolute Gasteiger partial charge is 0.466 e. The molecule has 12 unspecified atom stereocenters. The van der Waals surface area contributed by atoms with Gasteiger partial charge in [-0.15, -0.1) is 0 Å². The Bertz CT molecular complexity index is 3320. The molecule has 25 nitrogen and oxygen atoms in total. The van der Waals surface area contributed by atoms with Crippen LogP contribution in [0.3, 0.4) is 0 Å². The Hall–Kier alpha value is -8.25. The van der Waals surface area contributed by atoms with E-state index in [0.29, 0.717) is 150 Å². The van der Waals surface area contributed by atoms with E-state index in [0.717, 1.165) is 130 Å². The molecular formula is C85H121N5O20. The number of ether oxygens (including phenoxy) is 5. The number of carbonyl (C=O) groups is 15. The Balaban J connectivity index is 0.000000209. The van der Waals surface area contributed by atoms with Gasteiger partial charge in [0.25, 0.3) is 59.1 Å². The predicted molar refractivity (Wildman–Crippen MR) is 405 cm³/mol. The number of hydrogen-bond acceptors (Lipinski definition) is 20. The van der Waals surface area contributed by atoms with Gasteiger partial charge in [-0.2, -0.15) is 0 Å². The highest BCUT2D eigenvalue weighted by atomic mass is 16.5. The van der Waals surface area contributed by atoms with Crippen LogP contribution in [0.15, 0.2) is 60.8 Å². The van der Waals surface area contributed by atoms with Crippen LogP contribution in [0.2, 0.25) is 0 Å². The van der Waals surface area contributed by atoms with E-state index in [4.69, 9.17) is 23.7 Å². The van der Waals surface area contributed by atoms with Gasteiger partial charge in [-0.05, 0) is 173 Å². The lowest BCUT2D eigenvalue weighted by atomic mass is 9.76. The maximum Gasteiger partial charge on any atom is 0.326 e. The summed E-state index contributed by atoms with van der Waals surface area (Å²) in [5.74, 6) is 1.68. The highest BCUT2D eigenvalue weighted by molar-refractivity contribution is 6.16. The molecule has 0 radical (unpaired) electrons. The van der Waals surface area contributed by atoms with Crippen molar-refractivity contribution in [2.24, 2.45) is 76.9 Å². The van der Waals surface area contributed by atoms with Gasteiger partial charge in [-0.3, -0.25) is 96.4 Å². The second-order valence-electron chi connectivity index (χ2n) is 32.5. The van der Waals surface area contributed by atoms with E-state index in [9.17, 15) is 71.9 Å². The van der Waals surface area contributed by atoms with Gasteiger partial charge >= 0.3 is 29.8 Å². The third-order valence-electron chi connectivity index (χ3n) is 24.3. The fourth-order valence-corrected chi connectivity index (χ4v) is 18.8. The number of amides is 10. The van der Waals surface area contributed by atoms with Crippen molar-refractivity contribution in [3.63, 3.8) is 0 Å². The third-order valence-corrected chi connectivity index (χ3v) is 24.3. The van der Waals surface area contributed by atoms with Crippen molar-refractivity contribution in [3.05, 3.63) is 60.8 Å². The average Bonchev–Trinajstić information content (AvgIpc) is 1.59. The summed E-state index contributed by atoms with van der Waals surface area (Å²) in [6.45, 7) is 7.15. The molecular weight excluding hydrogens is 1410 g/mol. The van der Waals surface area contributed by atoms with Crippen LogP contribution in [-0.2, 0) is 95.6 Å². The summed E-state index contributed by atoms with van der Waals surface area (Å²) in [5.41, 5.74) is 0. The molecule has 110 heavy (non-hydrogen) atoms. The maximum atomic E-state index is 12.3. The summed E-state index contributed by atoms with van der Waals surface area (Å²) >= 11 is 0. The summed E-state index contributed by atoms with van der Waals surface area (Å²) < 4.78 is 27.4. The fourth-order valence-electron chi connectivity index (χ4n) is 18.8. The molecule has 4 bridgehead atoms. The van der Waals surface area contributed by atoms with Gasteiger partial charge in [0.2, 0.25) is 0 Å². The molecule has 6 fully saturated rings. The zero-order valence-corrected chi connectivity index (χ0v) is 64.3. The predicted octanol–water partition coefficient (Wildman–Crippen LogP) is 11.3. The van der Waals surface area contributed by atoms with Gasteiger partial charge in [0.15, 0.2) is 0 Å². The van der Waals surface area contributed by atoms with Gasteiger partial charge in [0, 0.05) is 99.7 Å². The lowest BCUT2D eigenvalue weighted by Crippen LogP contribution is -2.37. The highest BCUT2D eigenvalue weighted by Gasteiger charge is 2.57. The van der Waals surface area contributed by atoms with E-state index in [1.165, 1.54) is 135 Å². The monoisotopic (exact) mass is 1530 g/mol. The number of imide groups is 5. The second kappa shape index (κ2) is 44.7. The van der Waals surface area contributed by atoms with Crippen molar-refractivity contribution in [1.82, 2.24) is 24.5 Å². The molecule has 0 aromatic rings. The number of unbranched alkanes of at least 4 members (excludes halogenated alkanes) is 18. The number of fused-ring (bicyclic) bond motifs is 10. The number of hydrogen-bond donors (Lipinski definition) is 0. The van der Waals surface area contributed by atoms with E-state index in [1.807, 2.05) is 0 Å². The number of rotatable bonds is 46. The van der Waals surface area contributed by atoms with Crippen LogP contribution < -0.4 is 0 Å². The summed E-state index contributed by atoms with van der Waals surface area (Å²) in [7, 11) is 0. The first-order valence-corrected chi connectivity index (χ1v) is 41.1. The molecule has 606 valence electrons. The summed E-state index contributed by atoms with van der Waals surface area (Å²) in [5, 5.41) is 0. The summed E-state index contributed by atoms with van der Waals surface area (Å²) in [6, 6.07) is 0. The third kappa shape index (κ3) is 26.5. The molecule has 10 amide bonds. The summed E-state index contributed by atoms with van der Waals surface area (Å²) in [4.78, 5) is 182. The lowest BCUT2D eigenvalue weighted by Gasteiger charge is -2.31. The fraction of sp³-hybridized carbons (Fsp3) is 0.706. The highest BCUT2D eigenvalue weighted by Crippen LogP contribution is 2.63. The Morgan fingerprint density at radius 3 is 0.918 bits per heavy atom. The van der Waals surface area contributed by atoms with E-state index >= 15 is 0 Å². The minimum absolute atomic E-state index is 0. The van der Waals surface area contributed by atoms with Crippen molar-refractivity contribution < 1.29 is 95.6 Å². The second-order valence-corrected chi connectivity index (χ2v) is 32.5. The Labute approximate surface area is 649 Å². The first kappa shape index (κ1) is 87.3. The van der Waals surface area contributed by atoms with Crippen LogP contribution >= 0.6 is 0 Å². The molecule has 0 spiro atoms. The molecule has 0 N–H and O–H groups in total. The standard InChI is InChI=1S/C32H42N2O8.C28H49NO4.C24H26N2O8.CH4/c35-27-9-10-28(36)33(27)13-5-1-3-7-31(39)41-19-21-15-24-22-17-23(25(18-22)26(24)16-21)20-42-32(40)8-4-2-6-14-34-29(37)11-12-30(34)38;1-25(2)19-15-12-10-8-6-4-3-5-7-9-11-13-18-24-33-28(32)20-16-14-17-23-29-26(30)21-22-27(29)31;27-19-1-2-20(28)25(19)9-23(31)33-11-13-5-16-14-7-15(17(8-14)18(16)6-13)12-34-24(32)10-26-21(29)3-4-22(26)30;/h9-12,21-26H,1-8,13-20H2;21-22,25H,3-20,23-24H2,1-2H3;1-4,13-18H,5-12H2;1H4. The molecule has 5 heterocycles. The van der Waals surface area contributed by atoms with Gasteiger partial charge < -0.3 is 23.7 Å². The molecule has 0 aromatic carbocycles. The molecule has 5 aliphatic heterocycles. The van der Waals surface area contributed by atoms with Crippen LogP contribution in [0.5, 0.6) is 0 Å². The SMILES string of the molecule is C.CC(C)CCCCCCCCCCCCCCCOC(=O)CCCCCN1C(=O)C=CC1=O.O=C(CCCCCN1C(=O)C=CC1=O)OCC1CC2C3CC(COC(=O)CCCCCN4C(=O)C=CC4=O)C(C3)C2C1.O=C(CN1C(=O)C=CC1=O)OCC1CC2C3CC(COC(=O)CN4C(=O)C=CC4=O)C(C3)C2C1. The Morgan fingerprint density at radius 2 is 0.573 bits per heavy atom. The quantitative estimate of drug-likeness (QED) is 0.0236. The topological polar surface area (TPSA) is 318 Å².